The minimum atomic E-state index is -1.76. The van der Waals surface area contributed by atoms with Crippen LogP contribution >= 0.6 is 0 Å². The molecule has 0 bridgehead atoms. The number of amides is 3. The van der Waals surface area contributed by atoms with Gasteiger partial charge in [-0.25, -0.2) is 9.78 Å². The molecule has 11 heteroatoms. The van der Waals surface area contributed by atoms with Crippen LogP contribution in [0.5, 0.6) is 0 Å². The fourth-order valence-electron chi connectivity index (χ4n) is 5.56. The summed E-state index contributed by atoms with van der Waals surface area (Å²) in [7, 11) is 0. The van der Waals surface area contributed by atoms with Gasteiger partial charge in [0.15, 0.2) is 11.3 Å². The van der Waals surface area contributed by atoms with E-state index in [0.717, 1.165) is 27.6 Å². The molecule has 3 aromatic carbocycles. The monoisotopic (exact) mass is 665 g/mol. The molecule has 5 aromatic rings. The Balaban J connectivity index is 1.23. The van der Waals surface area contributed by atoms with E-state index >= 15 is 0 Å². The maximum absolute atomic E-state index is 13.4. The highest BCUT2D eigenvalue weighted by Gasteiger charge is 2.37. The Labute approximate surface area is 285 Å². The fraction of sp³-hybridized carbons (Fsp3) is 0.316. The van der Waals surface area contributed by atoms with Crippen LogP contribution in [0.2, 0.25) is 0 Å². The number of H-pyrrole nitrogens is 1. The van der Waals surface area contributed by atoms with Gasteiger partial charge < -0.3 is 35.2 Å². The second-order valence-electron chi connectivity index (χ2n) is 12.5. The lowest BCUT2D eigenvalue weighted by molar-refractivity contribution is -0.125. The lowest BCUT2D eigenvalue weighted by atomic mass is 9.94. The largest absolute Gasteiger partial charge is 0.445 e. The standard InChI is InChI=1S/C38H43N5O6/c1-26(2)21-32(43-37(46)49-23-28-13-7-4-8-14-28)34(44)41-25-38(47,19-17-27-11-5-3-6-12-27)36-42-33(24-48-36)35(45)39-20-18-29-22-40-31-16-10-9-15-30(29)31/h3-16,22,24,26,32,40,47H,17-21,23,25H2,1-2H3,(H,39,45)(H,41,44)(H,43,46). The van der Waals surface area contributed by atoms with Crippen LogP contribution in [0.3, 0.4) is 0 Å². The van der Waals surface area contributed by atoms with Gasteiger partial charge in [-0.2, -0.15) is 0 Å². The zero-order valence-electron chi connectivity index (χ0n) is 27.8. The van der Waals surface area contributed by atoms with Crippen molar-refractivity contribution in [1.29, 1.82) is 0 Å². The summed E-state index contributed by atoms with van der Waals surface area (Å²) in [5.74, 6) is -0.961. The number of carbonyl (C=O) groups is 3. The first kappa shape index (κ1) is 34.9. The van der Waals surface area contributed by atoms with Crippen LogP contribution in [0, 0.1) is 5.92 Å². The molecule has 11 nitrogen and oxygen atoms in total. The van der Waals surface area contributed by atoms with Crippen molar-refractivity contribution >= 4 is 28.8 Å². The number of nitrogens with zero attached hydrogens (tertiary/aromatic N) is 1. The summed E-state index contributed by atoms with van der Waals surface area (Å²) in [5.41, 5.74) is 2.15. The van der Waals surface area contributed by atoms with Crippen LogP contribution in [0.1, 0.15) is 59.8 Å². The number of rotatable bonds is 16. The second-order valence-corrected chi connectivity index (χ2v) is 12.5. The molecule has 2 atom stereocenters. The predicted molar refractivity (Wildman–Crippen MR) is 186 cm³/mol. The number of carbonyl (C=O) groups excluding carboxylic acids is 3. The summed E-state index contributed by atoms with van der Waals surface area (Å²) < 4.78 is 11.0. The molecule has 256 valence electrons. The Hall–Kier alpha value is -5.42. The number of aromatic amines is 1. The van der Waals surface area contributed by atoms with Crippen molar-refractivity contribution in [1.82, 2.24) is 25.9 Å². The zero-order chi connectivity index (χ0) is 34.6. The molecule has 0 radical (unpaired) electrons. The predicted octanol–water partition coefficient (Wildman–Crippen LogP) is 5.41. The van der Waals surface area contributed by atoms with Gasteiger partial charge in [0.1, 0.15) is 18.9 Å². The van der Waals surface area contributed by atoms with Crippen molar-refractivity contribution in [3.63, 3.8) is 0 Å². The number of fused-ring (bicyclic) bond motifs is 1. The first-order valence-electron chi connectivity index (χ1n) is 16.5. The van der Waals surface area contributed by atoms with Gasteiger partial charge >= 0.3 is 6.09 Å². The molecule has 49 heavy (non-hydrogen) atoms. The Bertz CT molecular complexity index is 1820. The molecule has 3 amide bonds. The molecule has 0 aliphatic carbocycles. The van der Waals surface area contributed by atoms with Crippen molar-refractivity contribution in [3.05, 3.63) is 126 Å². The average Bonchev–Trinajstić information content (AvgIpc) is 3.78. The molecular formula is C38H43N5O6. The number of para-hydroxylation sites is 1. The minimum absolute atomic E-state index is 0.0129. The normalized spacial score (nSPS) is 13.1. The number of benzene rings is 3. The third-order valence-corrected chi connectivity index (χ3v) is 8.24. The molecule has 5 rings (SSSR count). The number of hydrogen-bond donors (Lipinski definition) is 5. The highest BCUT2D eigenvalue weighted by Crippen LogP contribution is 2.27. The quantitative estimate of drug-likeness (QED) is 0.0943. The molecule has 0 fully saturated rings. The van der Waals surface area contributed by atoms with E-state index in [2.05, 4.69) is 25.9 Å². The maximum atomic E-state index is 13.4. The lowest BCUT2D eigenvalue weighted by Crippen LogP contribution is -2.51. The summed E-state index contributed by atoms with van der Waals surface area (Å²) in [5, 5.41) is 21.3. The molecule has 5 N–H and O–H groups in total. The first-order valence-corrected chi connectivity index (χ1v) is 16.5. The summed E-state index contributed by atoms with van der Waals surface area (Å²) in [4.78, 5) is 46.7. The van der Waals surface area contributed by atoms with E-state index in [1.807, 2.05) is 105 Å². The van der Waals surface area contributed by atoms with Crippen molar-refractivity contribution in [3.8, 4) is 0 Å². The molecule has 0 aliphatic heterocycles. The third kappa shape index (κ3) is 9.80. The molecule has 0 aliphatic rings. The van der Waals surface area contributed by atoms with E-state index in [4.69, 9.17) is 9.15 Å². The lowest BCUT2D eigenvalue weighted by Gasteiger charge is -2.27. The fourth-order valence-corrected chi connectivity index (χ4v) is 5.56. The SMILES string of the molecule is CC(C)CC(NC(=O)OCc1ccccc1)C(=O)NCC(O)(CCc1ccccc1)c1nc(C(=O)NCCc2c[nH]c3ccccc23)co1. The number of nitrogens with one attached hydrogen (secondary N) is 4. The van der Waals surface area contributed by atoms with Crippen molar-refractivity contribution in [2.24, 2.45) is 5.92 Å². The van der Waals surface area contributed by atoms with Crippen LogP contribution in [0.4, 0.5) is 4.79 Å². The number of alkyl carbamates (subject to hydrolysis) is 1. The van der Waals surface area contributed by atoms with Gasteiger partial charge in [0.05, 0.1) is 6.54 Å². The maximum Gasteiger partial charge on any atom is 0.408 e. The van der Waals surface area contributed by atoms with Gasteiger partial charge in [-0.1, -0.05) is 92.7 Å². The number of oxazole rings is 1. The third-order valence-electron chi connectivity index (χ3n) is 8.24. The zero-order valence-corrected chi connectivity index (χ0v) is 27.8. The van der Waals surface area contributed by atoms with Crippen LogP contribution in [0.15, 0.2) is 102 Å². The van der Waals surface area contributed by atoms with Crippen molar-refractivity contribution in [2.45, 2.75) is 57.8 Å². The number of hydrogen-bond acceptors (Lipinski definition) is 7. The molecular weight excluding hydrogens is 622 g/mol. The summed E-state index contributed by atoms with van der Waals surface area (Å²) in [6.45, 7) is 4.04. The summed E-state index contributed by atoms with van der Waals surface area (Å²) >= 11 is 0. The number of aryl methyl sites for hydroxylation is 1. The summed E-state index contributed by atoms with van der Waals surface area (Å²) in [6, 6.07) is 25.9. The Kier molecular flexibility index (Phi) is 11.8. The van der Waals surface area contributed by atoms with E-state index in [-0.39, 0.29) is 37.1 Å². The molecule has 0 saturated heterocycles. The Morgan fingerprint density at radius 1 is 0.918 bits per heavy atom. The van der Waals surface area contributed by atoms with Gasteiger partial charge in [0.25, 0.3) is 5.91 Å². The smallest absolute Gasteiger partial charge is 0.408 e. The van der Waals surface area contributed by atoms with Crippen LogP contribution in [0.25, 0.3) is 10.9 Å². The van der Waals surface area contributed by atoms with E-state index in [9.17, 15) is 19.5 Å². The highest BCUT2D eigenvalue weighted by molar-refractivity contribution is 5.92. The average molecular weight is 666 g/mol. The topological polar surface area (TPSA) is 159 Å². The minimum Gasteiger partial charge on any atom is -0.445 e. The molecule has 2 aromatic heterocycles. The van der Waals surface area contributed by atoms with Crippen LogP contribution in [-0.4, -0.2) is 52.1 Å². The van der Waals surface area contributed by atoms with Gasteiger partial charge in [-0.05, 0) is 54.4 Å². The van der Waals surface area contributed by atoms with Gasteiger partial charge in [0, 0.05) is 23.6 Å². The van der Waals surface area contributed by atoms with Crippen LogP contribution in [-0.2, 0) is 34.6 Å². The van der Waals surface area contributed by atoms with Crippen LogP contribution < -0.4 is 16.0 Å². The second kappa shape index (κ2) is 16.6. The van der Waals surface area contributed by atoms with Gasteiger partial charge in [-0.15, -0.1) is 0 Å². The Morgan fingerprint density at radius 2 is 1.61 bits per heavy atom. The molecule has 0 spiro atoms. The number of aromatic nitrogens is 2. The first-order chi connectivity index (χ1) is 23.7. The van der Waals surface area contributed by atoms with Crippen molar-refractivity contribution in [2.75, 3.05) is 13.1 Å². The Morgan fingerprint density at radius 3 is 2.35 bits per heavy atom. The highest BCUT2D eigenvalue weighted by atomic mass is 16.5. The molecule has 2 heterocycles. The van der Waals surface area contributed by atoms with Gasteiger partial charge in [0.2, 0.25) is 11.8 Å². The summed E-state index contributed by atoms with van der Waals surface area (Å²) in [6.07, 6.45) is 3.95. The molecule has 0 saturated carbocycles. The number of ether oxygens (including phenoxy) is 1. The van der Waals surface area contributed by atoms with E-state index < -0.39 is 29.6 Å². The molecule has 2 unspecified atom stereocenters. The van der Waals surface area contributed by atoms with E-state index in [1.54, 1.807) is 0 Å². The van der Waals surface area contributed by atoms with Gasteiger partial charge in [-0.3, -0.25) is 9.59 Å². The van der Waals surface area contributed by atoms with E-state index in [1.165, 1.54) is 6.26 Å². The number of aliphatic hydroxyl groups is 1. The van der Waals surface area contributed by atoms with Crippen molar-refractivity contribution < 1.29 is 28.6 Å². The van der Waals surface area contributed by atoms with E-state index in [0.29, 0.717) is 25.8 Å².